The fourth-order valence-corrected chi connectivity index (χ4v) is 3.42. The van der Waals surface area contributed by atoms with E-state index in [2.05, 4.69) is 24.8 Å². The number of amides is 1. The Kier molecular flexibility index (Phi) is 5.63. The van der Waals surface area contributed by atoms with Gasteiger partial charge in [-0.25, -0.2) is 0 Å². The summed E-state index contributed by atoms with van der Waals surface area (Å²) in [7, 11) is 0. The lowest BCUT2D eigenvalue weighted by Gasteiger charge is -2.19. The van der Waals surface area contributed by atoms with E-state index in [4.69, 9.17) is 5.73 Å². The van der Waals surface area contributed by atoms with Gasteiger partial charge in [0.2, 0.25) is 5.91 Å². The van der Waals surface area contributed by atoms with Crippen molar-refractivity contribution in [2.45, 2.75) is 39.2 Å². The summed E-state index contributed by atoms with van der Waals surface area (Å²) in [5.74, 6) is 6.91. The number of nitrogens with two attached hydrogens (primary N) is 1. The van der Waals surface area contributed by atoms with Gasteiger partial charge in [0.15, 0.2) is 0 Å². The van der Waals surface area contributed by atoms with Gasteiger partial charge in [-0.15, -0.1) is 11.3 Å². The van der Waals surface area contributed by atoms with Crippen LogP contribution in [0.15, 0.2) is 12.1 Å². The number of hydrogen-bond donors (Lipinski definition) is 1. The molecule has 4 heteroatoms. The molecule has 1 saturated heterocycles. The fourth-order valence-electron chi connectivity index (χ4n) is 2.52. The molecule has 0 saturated carbocycles. The third kappa shape index (κ3) is 4.09. The molecule has 1 aromatic heterocycles. The second-order valence-corrected chi connectivity index (χ2v) is 6.36. The minimum atomic E-state index is 0.295. The van der Waals surface area contributed by atoms with Crippen LogP contribution in [0, 0.1) is 17.8 Å². The summed E-state index contributed by atoms with van der Waals surface area (Å²) in [5.41, 5.74) is 5.37. The van der Waals surface area contributed by atoms with Crippen LogP contribution in [0.4, 0.5) is 0 Å². The van der Waals surface area contributed by atoms with Crippen molar-refractivity contribution in [3.63, 3.8) is 0 Å². The first-order valence-electron chi connectivity index (χ1n) is 7.28. The van der Waals surface area contributed by atoms with E-state index in [0.29, 0.717) is 24.8 Å². The second kappa shape index (κ2) is 7.47. The number of rotatable bonds is 3. The van der Waals surface area contributed by atoms with Gasteiger partial charge in [0.05, 0.1) is 18.0 Å². The van der Waals surface area contributed by atoms with Crippen LogP contribution in [-0.4, -0.2) is 23.9 Å². The van der Waals surface area contributed by atoms with Crippen molar-refractivity contribution in [3.05, 3.63) is 21.9 Å². The molecule has 1 atom stereocenters. The third-order valence-electron chi connectivity index (χ3n) is 3.83. The lowest BCUT2D eigenvalue weighted by atomic mass is 9.98. The van der Waals surface area contributed by atoms with Crippen LogP contribution in [-0.2, 0) is 11.3 Å². The molecule has 2 rings (SSSR count). The molecule has 108 valence electrons. The molecule has 20 heavy (non-hydrogen) atoms. The van der Waals surface area contributed by atoms with Crippen molar-refractivity contribution in [1.29, 1.82) is 0 Å². The molecule has 0 spiro atoms. The Hall–Kier alpha value is -1.31. The Balaban J connectivity index is 1.98. The van der Waals surface area contributed by atoms with Gasteiger partial charge in [-0.2, -0.15) is 0 Å². The average Bonchev–Trinajstić information content (AvgIpc) is 2.83. The van der Waals surface area contributed by atoms with Crippen LogP contribution in [0.5, 0.6) is 0 Å². The van der Waals surface area contributed by atoms with Crippen molar-refractivity contribution in [1.82, 2.24) is 4.90 Å². The Morgan fingerprint density at radius 3 is 3.05 bits per heavy atom. The lowest BCUT2D eigenvalue weighted by molar-refractivity contribution is -0.131. The van der Waals surface area contributed by atoms with Crippen molar-refractivity contribution in [2.24, 2.45) is 11.7 Å². The molecule has 0 aliphatic carbocycles. The first-order valence-corrected chi connectivity index (χ1v) is 8.10. The van der Waals surface area contributed by atoms with Gasteiger partial charge in [0, 0.05) is 17.8 Å². The number of likely N-dealkylation sites (tertiary alicyclic amines) is 1. The first-order chi connectivity index (χ1) is 9.72. The smallest absolute Gasteiger partial charge is 0.222 e. The van der Waals surface area contributed by atoms with Gasteiger partial charge >= 0.3 is 0 Å². The van der Waals surface area contributed by atoms with Crippen LogP contribution in [0.25, 0.3) is 0 Å². The SMILES string of the molecule is CCC1CCC(=O)N(Cc2ccc(C#CCN)s2)CC1. The fraction of sp³-hybridized carbons (Fsp3) is 0.562. The Morgan fingerprint density at radius 2 is 2.30 bits per heavy atom. The molecule has 1 amide bonds. The molecule has 2 heterocycles. The molecule has 0 radical (unpaired) electrons. The van der Waals surface area contributed by atoms with Gasteiger partial charge in [0.1, 0.15) is 0 Å². The van der Waals surface area contributed by atoms with Gasteiger partial charge in [-0.05, 0) is 30.9 Å². The molecule has 2 N–H and O–H groups in total. The van der Waals surface area contributed by atoms with E-state index in [0.717, 1.165) is 30.8 Å². The highest BCUT2D eigenvalue weighted by molar-refractivity contribution is 7.12. The van der Waals surface area contributed by atoms with Gasteiger partial charge in [0.25, 0.3) is 0 Å². The molecular weight excluding hydrogens is 268 g/mol. The van der Waals surface area contributed by atoms with Crippen LogP contribution in [0.2, 0.25) is 0 Å². The number of carbonyl (C=O) groups is 1. The molecule has 3 nitrogen and oxygen atoms in total. The summed E-state index contributed by atoms with van der Waals surface area (Å²) < 4.78 is 0. The van der Waals surface area contributed by atoms with E-state index in [9.17, 15) is 4.79 Å². The summed E-state index contributed by atoms with van der Waals surface area (Å²) in [5, 5.41) is 0. The number of hydrogen-bond acceptors (Lipinski definition) is 3. The van der Waals surface area contributed by atoms with Crippen molar-refractivity contribution in [2.75, 3.05) is 13.1 Å². The van der Waals surface area contributed by atoms with Crippen molar-refractivity contribution < 1.29 is 4.79 Å². The zero-order valence-corrected chi connectivity index (χ0v) is 12.8. The third-order valence-corrected chi connectivity index (χ3v) is 4.81. The van der Waals surface area contributed by atoms with Crippen LogP contribution in [0.1, 0.15) is 42.4 Å². The maximum atomic E-state index is 12.1. The Morgan fingerprint density at radius 1 is 1.45 bits per heavy atom. The molecule has 1 aliphatic rings. The number of carbonyl (C=O) groups excluding carboxylic acids is 1. The van der Waals surface area contributed by atoms with Crippen LogP contribution >= 0.6 is 11.3 Å². The average molecular weight is 290 g/mol. The molecule has 0 bridgehead atoms. The van der Waals surface area contributed by atoms with Crippen molar-refractivity contribution >= 4 is 17.2 Å². The quantitative estimate of drug-likeness (QED) is 0.870. The van der Waals surface area contributed by atoms with Gasteiger partial charge < -0.3 is 10.6 Å². The minimum absolute atomic E-state index is 0.295. The summed E-state index contributed by atoms with van der Waals surface area (Å²) >= 11 is 1.66. The standard InChI is InChI=1S/C16H22N2OS/c1-2-13-5-8-16(19)18(11-9-13)12-15-7-6-14(20-15)4-3-10-17/h6-7,13H,2,5,8-12,17H2,1H3. The zero-order chi connectivity index (χ0) is 14.4. The zero-order valence-electron chi connectivity index (χ0n) is 12.0. The minimum Gasteiger partial charge on any atom is -0.338 e. The van der Waals surface area contributed by atoms with Gasteiger partial charge in [-0.3, -0.25) is 4.79 Å². The van der Waals surface area contributed by atoms with E-state index in [1.807, 2.05) is 11.0 Å². The molecule has 1 unspecified atom stereocenters. The normalized spacial score (nSPS) is 19.4. The highest BCUT2D eigenvalue weighted by Crippen LogP contribution is 2.24. The predicted molar refractivity (Wildman–Crippen MR) is 83.3 cm³/mol. The predicted octanol–water partition coefficient (Wildman–Crippen LogP) is 2.60. The monoisotopic (exact) mass is 290 g/mol. The number of nitrogens with zero attached hydrogens (tertiary/aromatic N) is 1. The summed E-state index contributed by atoms with van der Waals surface area (Å²) in [4.78, 5) is 16.4. The van der Waals surface area contributed by atoms with Crippen LogP contribution in [0.3, 0.4) is 0 Å². The van der Waals surface area contributed by atoms with E-state index >= 15 is 0 Å². The second-order valence-electron chi connectivity index (χ2n) is 5.19. The summed E-state index contributed by atoms with van der Waals surface area (Å²) in [6, 6.07) is 4.08. The van der Waals surface area contributed by atoms with Gasteiger partial charge in [-0.1, -0.05) is 25.2 Å². The Labute approximate surface area is 125 Å². The van der Waals surface area contributed by atoms with Crippen molar-refractivity contribution in [3.8, 4) is 11.8 Å². The van der Waals surface area contributed by atoms with E-state index in [-0.39, 0.29) is 0 Å². The summed E-state index contributed by atoms with van der Waals surface area (Å²) in [6.07, 6.45) is 4.06. The highest BCUT2D eigenvalue weighted by Gasteiger charge is 2.21. The molecule has 1 aliphatic heterocycles. The van der Waals surface area contributed by atoms with Crippen LogP contribution < -0.4 is 5.73 Å². The van der Waals surface area contributed by atoms with E-state index in [1.54, 1.807) is 11.3 Å². The van der Waals surface area contributed by atoms with E-state index in [1.165, 1.54) is 11.3 Å². The maximum absolute atomic E-state index is 12.1. The summed E-state index contributed by atoms with van der Waals surface area (Å²) in [6.45, 7) is 4.21. The maximum Gasteiger partial charge on any atom is 0.222 e. The molecule has 1 aromatic rings. The van der Waals surface area contributed by atoms with E-state index < -0.39 is 0 Å². The molecular formula is C16H22N2OS. The highest BCUT2D eigenvalue weighted by atomic mass is 32.1. The topological polar surface area (TPSA) is 46.3 Å². The first kappa shape index (κ1) is 15.1. The number of thiophene rings is 1. The largest absolute Gasteiger partial charge is 0.338 e. The molecule has 0 aromatic carbocycles. The Bertz CT molecular complexity index is 512. The lowest BCUT2D eigenvalue weighted by Crippen LogP contribution is -2.29. The molecule has 1 fully saturated rings.